The Labute approximate surface area is 85.8 Å². The number of ether oxygens (including phenoxy) is 1. The highest BCUT2D eigenvalue weighted by Gasteiger charge is 2.12. The van der Waals surface area contributed by atoms with Gasteiger partial charge in [-0.15, -0.1) is 0 Å². The molecule has 14 heavy (non-hydrogen) atoms. The highest BCUT2D eigenvalue weighted by atomic mass is 16.5. The SMILES string of the molecule is CCCC(C)C(=O)OCCCCC=O. The lowest BCUT2D eigenvalue weighted by atomic mass is 10.1. The van der Waals surface area contributed by atoms with Crippen LogP contribution in [0.5, 0.6) is 0 Å². The van der Waals surface area contributed by atoms with Gasteiger partial charge in [0.2, 0.25) is 0 Å². The maximum Gasteiger partial charge on any atom is 0.308 e. The Balaban J connectivity index is 3.38. The molecule has 0 aromatic rings. The van der Waals surface area contributed by atoms with Gasteiger partial charge in [0, 0.05) is 6.42 Å². The van der Waals surface area contributed by atoms with Gasteiger partial charge < -0.3 is 9.53 Å². The van der Waals surface area contributed by atoms with E-state index < -0.39 is 0 Å². The van der Waals surface area contributed by atoms with Crippen LogP contribution in [-0.2, 0) is 14.3 Å². The summed E-state index contributed by atoms with van der Waals surface area (Å²) in [4.78, 5) is 21.3. The molecule has 0 aliphatic heterocycles. The summed E-state index contributed by atoms with van der Waals surface area (Å²) in [5.74, 6) is -0.107. The van der Waals surface area contributed by atoms with Crippen LogP contribution in [0, 0.1) is 5.92 Å². The Kier molecular flexibility index (Phi) is 8.19. The number of aldehydes is 1. The van der Waals surface area contributed by atoms with Crippen LogP contribution in [0.4, 0.5) is 0 Å². The molecule has 0 fully saturated rings. The zero-order valence-electron chi connectivity index (χ0n) is 9.12. The van der Waals surface area contributed by atoms with Crippen molar-refractivity contribution < 1.29 is 14.3 Å². The lowest BCUT2D eigenvalue weighted by Crippen LogP contribution is -2.15. The first-order chi connectivity index (χ1) is 6.72. The zero-order valence-corrected chi connectivity index (χ0v) is 9.12. The molecular formula is C11H20O3. The first kappa shape index (κ1) is 13.1. The lowest BCUT2D eigenvalue weighted by molar-refractivity contribution is -0.148. The standard InChI is InChI=1S/C11H20O3/c1-3-7-10(2)11(13)14-9-6-4-5-8-12/h8,10H,3-7,9H2,1-2H3. The average molecular weight is 200 g/mol. The van der Waals surface area contributed by atoms with E-state index in [1.807, 2.05) is 13.8 Å². The van der Waals surface area contributed by atoms with Crippen molar-refractivity contribution in [2.75, 3.05) is 6.61 Å². The number of carbonyl (C=O) groups is 2. The summed E-state index contributed by atoms with van der Waals surface area (Å²) in [5, 5.41) is 0. The van der Waals surface area contributed by atoms with Gasteiger partial charge in [0.15, 0.2) is 0 Å². The van der Waals surface area contributed by atoms with E-state index in [2.05, 4.69) is 0 Å². The van der Waals surface area contributed by atoms with Crippen LogP contribution >= 0.6 is 0 Å². The van der Waals surface area contributed by atoms with E-state index in [1.54, 1.807) is 0 Å². The van der Waals surface area contributed by atoms with Crippen molar-refractivity contribution in [1.82, 2.24) is 0 Å². The third kappa shape index (κ3) is 6.63. The summed E-state index contributed by atoms with van der Waals surface area (Å²) < 4.78 is 5.05. The van der Waals surface area contributed by atoms with Crippen molar-refractivity contribution in [3.05, 3.63) is 0 Å². The number of esters is 1. The van der Waals surface area contributed by atoms with Gasteiger partial charge in [-0.1, -0.05) is 20.3 Å². The second-order valence-electron chi connectivity index (χ2n) is 3.52. The highest BCUT2D eigenvalue weighted by Crippen LogP contribution is 2.07. The molecule has 0 bridgehead atoms. The van der Waals surface area contributed by atoms with Gasteiger partial charge in [0.1, 0.15) is 6.29 Å². The molecule has 0 aromatic carbocycles. The van der Waals surface area contributed by atoms with Crippen LogP contribution in [0.25, 0.3) is 0 Å². The van der Waals surface area contributed by atoms with Gasteiger partial charge >= 0.3 is 5.97 Å². The van der Waals surface area contributed by atoms with E-state index in [-0.39, 0.29) is 11.9 Å². The Morgan fingerprint density at radius 3 is 2.71 bits per heavy atom. The minimum absolute atomic E-state index is 0.00562. The zero-order chi connectivity index (χ0) is 10.8. The summed E-state index contributed by atoms with van der Waals surface area (Å²) in [7, 11) is 0. The molecule has 0 aliphatic rings. The van der Waals surface area contributed by atoms with E-state index in [0.29, 0.717) is 13.0 Å². The van der Waals surface area contributed by atoms with Gasteiger partial charge in [-0.3, -0.25) is 4.79 Å². The molecular weight excluding hydrogens is 180 g/mol. The number of carbonyl (C=O) groups excluding carboxylic acids is 2. The van der Waals surface area contributed by atoms with Gasteiger partial charge in [-0.2, -0.15) is 0 Å². The maximum atomic E-state index is 11.3. The third-order valence-corrected chi connectivity index (χ3v) is 2.08. The molecule has 0 radical (unpaired) electrons. The molecule has 0 saturated heterocycles. The van der Waals surface area contributed by atoms with E-state index in [4.69, 9.17) is 4.74 Å². The van der Waals surface area contributed by atoms with Crippen molar-refractivity contribution in [1.29, 1.82) is 0 Å². The van der Waals surface area contributed by atoms with E-state index in [9.17, 15) is 9.59 Å². The van der Waals surface area contributed by atoms with E-state index in [1.165, 1.54) is 0 Å². The van der Waals surface area contributed by atoms with Gasteiger partial charge in [-0.25, -0.2) is 0 Å². The van der Waals surface area contributed by atoms with Crippen molar-refractivity contribution >= 4 is 12.3 Å². The van der Waals surface area contributed by atoms with Crippen LogP contribution in [0.15, 0.2) is 0 Å². The van der Waals surface area contributed by atoms with Gasteiger partial charge in [0.25, 0.3) is 0 Å². The fraction of sp³-hybridized carbons (Fsp3) is 0.818. The van der Waals surface area contributed by atoms with Gasteiger partial charge in [0.05, 0.1) is 12.5 Å². The average Bonchev–Trinajstić information content (AvgIpc) is 2.17. The molecule has 0 amide bonds. The Bertz CT molecular complexity index is 166. The molecule has 1 atom stereocenters. The van der Waals surface area contributed by atoms with Crippen LogP contribution in [0.1, 0.15) is 46.0 Å². The minimum Gasteiger partial charge on any atom is -0.465 e. The fourth-order valence-corrected chi connectivity index (χ4v) is 1.20. The number of hydrogen-bond acceptors (Lipinski definition) is 3. The summed E-state index contributed by atoms with van der Waals surface area (Å²) in [5.41, 5.74) is 0. The van der Waals surface area contributed by atoms with E-state index >= 15 is 0 Å². The minimum atomic E-state index is -0.113. The van der Waals surface area contributed by atoms with Crippen LogP contribution in [0.2, 0.25) is 0 Å². The van der Waals surface area contributed by atoms with E-state index in [0.717, 1.165) is 32.0 Å². The monoisotopic (exact) mass is 200 g/mol. The molecule has 0 aromatic heterocycles. The highest BCUT2D eigenvalue weighted by molar-refractivity contribution is 5.71. The normalized spacial score (nSPS) is 12.1. The van der Waals surface area contributed by atoms with Crippen molar-refractivity contribution in [2.24, 2.45) is 5.92 Å². The predicted molar refractivity (Wildman–Crippen MR) is 54.9 cm³/mol. The first-order valence-corrected chi connectivity index (χ1v) is 5.32. The Hall–Kier alpha value is -0.860. The molecule has 0 heterocycles. The largest absolute Gasteiger partial charge is 0.465 e. The second-order valence-corrected chi connectivity index (χ2v) is 3.52. The fourth-order valence-electron chi connectivity index (χ4n) is 1.20. The second kappa shape index (κ2) is 8.73. The van der Waals surface area contributed by atoms with Crippen LogP contribution in [-0.4, -0.2) is 18.9 Å². The van der Waals surface area contributed by atoms with Crippen molar-refractivity contribution in [3.63, 3.8) is 0 Å². The molecule has 1 unspecified atom stereocenters. The van der Waals surface area contributed by atoms with Gasteiger partial charge in [-0.05, 0) is 19.3 Å². The molecule has 0 rings (SSSR count). The maximum absolute atomic E-state index is 11.3. The van der Waals surface area contributed by atoms with Crippen LogP contribution in [0.3, 0.4) is 0 Å². The Morgan fingerprint density at radius 1 is 1.43 bits per heavy atom. The lowest BCUT2D eigenvalue weighted by Gasteiger charge is -2.09. The molecule has 3 nitrogen and oxygen atoms in total. The predicted octanol–water partition coefficient (Wildman–Crippen LogP) is 2.33. The summed E-state index contributed by atoms with van der Waals surface area (Å²) in [6.45, 7) is 4.38. The molecule has 0 saturated carbocycles. The molecule has 3 heteroatoms. The third-order valence-electron chi connectivity index (χ3n) is 2.08. The molecule has 0 aliphatic carbocycles. The Morgan fingerprint density at radius 2 is 2.14 bits per heavy atom. The smallest absolute Gasteiger partial charge is 0.308 e. The number of rotatable bonds is 8. The first-order valence-electron chi connectivity index (χ1n) is 5.32. The van der Waals surface area contributed by atoms with Crippen LogP contribution < -0.4 is 0 Å². The molecule has 0 N–H and O–H groups in total. The molecule has 0 spiro atoms. The summed E-state index contributed by atoms with van der Waals surface area (Å²) in [6, 6.07) is 0. The van der Waals surface area contributed by atoms with Crippen molar-refractivity contribution in [2.45, 2.75) is 46.0 Å². The number of unbranched alkanes of at least 4 members (excludes halogenated alkanes) is 2. The quantitative estimate of drug-likeness (QED) is 0.343. The number of hydrogen-bond donors (Lipinski definition) is 0. The topological polar surface area (TPSA) is 43.4 Å². The summed E-state index contributed by atoms with van der Waals surface area (Å²) in [6.07, 6.45) is 4.92. The summed E-state index contributed by atoms with van der Waals surface area (Å²) >= 11 is 0. The van der Waals surface area contributed by atoms with Crippen molar-refractivity contribution in [3.8, 4) is 0 Å². The molecule has 82 valence electrons.